The SMILES string of the molecule is CN(Cc1cc(=O)n2[nH]cnc2n1)CC1CCCN1. The molecule has 1 saturated heterocycles. The Kier molecular flexibility index (Phi) is 3.31. The van der Waals surface area contributed by atoms with Crippen molar-refractivity contribution in [3.63, 3.8) is 0 Å². The molecule has 0 radical (unpaired) electrons. The van der Waals surface area contributed by atoms with Crippen LogP contribution in [0.5, 0.6) is 0 Å². The van der Waals surface area contributed by atoms with Crippen molar-refractivity contribution in [1.82, 2.24) is 29.8 Å². The van der Waals surface area contributed by atoms with Crippen LogP contribution in [-0.2, 0) is 6.54 Å². The van der Waals surface area contributed by atoms with Crippen molar-refractivity contribution in [2.24, 2.45) is 0 Å². The van der Waals surface area contributed by atoms with E-state index in [0.29, 0.717) is 18.4 Å². The van der Waals surface area contributed by atoms with Gasteiger partial charge in [0.25, 0.3) is 11.3 Å². The normalized spacial score (nSPS) is 19.6. The Bertz CT molecular complexity index is 612. The molecule has 2 N–H and O–H groups in total. The van der Waals surface area contributed by atoms with E-state index >= 15 is 0 Å². The molecule has 1 unspecified atom stereocenters. The third-order valence-electron chi connectivity index (χ3n) is 3.45. The highest BCUT2D eigenvalue weighted by molar-refractivity contribution is 5.25. The second-order valence-corrected chi connectivity index (χ2v) is 5.10. The van der Waals surface area contributed by atoms with Crippen LogP contribution in [0, 0.1) is 0 Å². The van der Waals surface area contributed by atoms with E-state index in [9.17, 15) is 4.79 Å². The molecule has 1 aliphatic heterocycles. The van der Waals surface area contributed by atoms with Crippen LogP contribution < -0.4 is 10.9 Å². The summed E-state index contributed by atoms with van der Waals surface area (Å²) < 4.78 is 1.34. The first-order valence-electron chi connectivity index (χ1n) is 6.56. The predicted molar refractivity (Wildman–Crippen MR) is 71.0 cm³/mol. The number of nitrogens with one attached hydrogen (secondary N) is 2. The Hall–Kier alpha value is -1.73. The first kappa shape index (κ1) is 12.3. The Morgan fingerprint density at radius 3 is 3.26 bits per heavy atom. The zero-order valence-corrected chi connectivity index (χ0v) is 11.0. The standard InChI is InChI=1S/C12H18N6O/c1-17(6-9-3-2-4-13-9)7-10-5-11(19)18-12(16-10)14-8-15-18/h5,8-9,13H,2-4,6-7H2,1H3,(H,14,15,16). The summed E-state index contributed by atoms with van der Waals surface area (Å²) in [5, 5.41) is 6.20. The van der Waals surface area contributed by atoms with Crippen LogP contribution in [0.3, 0.4) is 0 Å². The number of aromatic nitrogens is 4. The minimum absolute atomic E-state index is 0.120. The van der Waals surface area contributed by atoms with Gasteiger partial charge in [-0.3, -0.25) is 14.8 Å². The van der Waals surface area contributed by atoms with Crippen LogP contribution in [0.25, 0.3) is 5.78 Å². The molecule has 0 spiro atoms. The molecule has 2 aromatic rings. The van der Waals surface area contributed by atoms with Crippen LogP contribution >= 0.6 is 0 Å². The molecular weight excluding hydrogens is 244 g/mol. The zero-order chi connectivity index (χ0) is 13.2. The molecule has 0 bridgehead atoms. The zero-order valence-electron chi connectivity index (χ0n) is 11.0. The third-order valence-corrected chi connectivity index (χ3v) is 3.45. The number of likely N-dealkylation sites (N-methyl/N-ethyl adjacent to an activating group) is 1. The van der Waals surface area contributed by atoms with Crippen molar-refractivity contribution < 1.29 is 0 Å². The summed E-state index contributed by atoms with van der Waals surface area (Å²) in [6.07, 6.45) is 3.94. The molecule has 7 heteroatoms. The summed E-state index contributed by atoms with van der Waals surface area (Å²) in [5.41, 5.74) is 0.641. The number of hydrogen-bond donors (Lipinski definition) is 2. The minimum atomic E-state index is -0.120. The number of H-pyrrole nitrogens is 1. The maximum absolute atomic E-state index is 11.8. The fourth-order valence-electron chi connectivity index (χ4n) is 2.58. The molecule has 1 aliphatic rings. The monoisotopic (exact) mass is 262 g/mol. The van der Waals surface area contributed by atoms with E-state index < -0.39 is 0 Å². The highest BCUT2D eigenvalue weighted by Gasteiger charge is 2.16. The van der Waals surface area contributed by atoms with Gasteiger partial charge in [-0.2, -0.15) is 4.52 Å². The topological polar surface area (TPSA) is 78.3 Å². The van der Waals surface area contributed by atoms with Crippen molar-refractivity contribution in [2.45, 2.75) is 25.4 Å². The second kappa shape index (κ2) is 5.10. The van der Waals surface area contributed by atoms with Gasteiger partial charge in [-0.1, -0.05) is 0 Å². The lowest BCUT2D eigenvalue weighted by atomic mass is 10.2. The first-order chi connectivity index (χ1) is 9.22. The van der Waals surface area contributed by atoms with E-state index in [-0.39, 0.29) is 5.56 Å². The molecule has 102 valence electrons. The summed E-state index contributed by atoms with van der Waals surface area (Å²) in [7, 11) is 2.05. The lowest BCUT2D eigenvalue weighted by Gasteiger charge is -2.20. The van der Waals surface area contributed by atoms with E-state index in [0.717, 1.165) is 18.8 Å². The fourth-order valence-corrected chi connectivity index (χ4v) is 2.58. The van der Waals surface area contributed by atoms with Crippen LogP contribution in [0.1, 0.15) is 18.5 Å². The van der Waals surface area contributed by atoms with E-state index in [4.69, 9.17) is 0 Å². The Balaban J connectivity index is 1.71. The number of fused-ring (bicyclic) bond motifs is 1. The van der Waals surface area contributed by atoms with Gasteiger partial charge in [0.1, 0.15) is 6.33 Å². The van der Waals surface area contributed by atoms with Gasteiger partial charge in [-0.05, 0) is 26.4 Å². The number of aromatic amines is 1. The van der Waals surface area contributed by atoms with E-state index in [1.165, 1.54) is 23.7 Å². The van der Waals surface area contributed by atoms with Crippen LogP contribution in [0.2, 0.25) is 0 Å². The molecule has 0 aliphatic carbocycles. The second-order valence-electron chi connectivity index (χ2n) is 5.10. The molecule has 19 heavy (non-hydrogen) atoms. The van der Waals surface area contributed by atoms with Gasteiger partial charge in [0, 0.05) is 25.2 Å². The summed E-state index contributed by atoms with van der Waals surface area (Å²) in [5.74, 6) is 0.426. The van der Waals surface area contributed by atoms with Crippen molar-refractivity contribution in [3.05, 3.63) is 28.4 Å². The molecule has 0 saturated carbocycles. The molecule has 7 nitrogen and oxygen atoms in total. The number of hydrogen-bond acceptors (Lipinski definition) is 5. The Morgan fingerprint density at radius 1 is 1.58 bits per heavy atom. The van der Waals surface area contributed by atoms with Gasteiger partial charge in [0.15, 0.2) is 0 Å². The largest absolute Gasteiger partial charge is 0.313 e. The summed E-state index contributed by atoms with van der Waals surface area (Å²) in [6.45, 7) is 2.75. The quantitative estimate of drug-likeness (QED) is 0.784. The smallest absolute Gasteiger partial charge is 0.274 e. The first-order valence-corrected chi connectivity index (χ1v) is 6.56. The maximum atomic E-state index is 11.8. The highest BCUT2D eigenvalue weighted by Crippen LogP contribution is 2.07. The Morgan fingerprint density at radius 2 is 2.47 bits per heavy atom. The summed E-state index contributed by atoms with van der Waals surface area (Å²) >= 11 is 0. The number of rotatable bonds is 4. The van der Waals surface area contributed by atoms with E-state index in [1.54, 1.807) is 6.07 Å². The third kappa shape index (κ3) is 2.66. The number of nitrogens with zero attached hydrogens (tertiary/aromatic N) is 4. The van der Waals surface area contributed by atoms with Gasteiger partial charge in [-0.15, -0.1) is 0 Å². The summed E-state index contributed by atoms with van der Waals surface area (Å²) in [6, 6.07) is 2.12. The highest BCUT2D eigenvalue weighted by atomic mass is 16.1. The molecular formula is C12H18N6O. The molecule has 1 atom stereocenters. The van der Waals surface area contributed by atoms with Crippen LogP contribution in [0.4, 0.5) is 0 Å². The lowest BCUT2D eigenvalue weighted by molar-refractivity contribution is 0.290. The molecule has 1 fully saturated rings. The van der Waals surface area contributed by atoms with Gasteiger partial charge in [0.05, 0.1) is 5.69 Å². The van der Waals surface area contributed by atoms with E-state index in [2.05, 4.69) is 25.3 Å². The van der Waals surface area contributed by atoms with Gasteiger partial charge in [-0.25, -0.2) is 9.97 Å². The van der Waals surface area contributed by atoms with Gasteiger partial charge < -0.3 is 5.32 Å². The van der Waals surface area contributed by atoms with Crippen LogP contribution in [0.15, 0.2) is 17.2 Å². The molecule has 2 aromatic heterocycles. The molecule has 3 rings (SSSR count). The molecule has 0 amide bonds. The van der Waals surface area contributed by atoms with Gasteiger partial charge >= 0.3 is 0 Å². The molecule has 0 aromatic carbocycles. The maximum Gasteiger partial charge on any atom is 0.274 e. The lowest BCUT2D eigenvalue weighted by Crippen LogP contribution is -2.35. The molecule has 3 heterocycles. The van der Waals surface area contributed by atoms with Crippen molar-refractivity contribution in [3.8, 4) is 0 Å². The summed E-state index contributed by atoms with van der Waals surface area (Å²) in [4.78, 5) is 22.4. The average Bonchev–Trinajstić information content (AvgIpc) is 2.99. The van der Waals surface area contributed by atoms with Crippen molar-refractivity contribution >= 4 is 5.78 Å². The van der Waals surface area contributed by atoms with E-state index in [1.807, 2.05) is 7.05 Å². The van der Waals surface area contributed by atoms with Crippen LogP contribution in [-0.4, -0.2) is 50.7 Å². The fraction of sp³-hybridized carbons (Fsp3) is 0.583. The van der Waals surface area contributed by atoms with Crippen molar-refractivity contribution in [1.29, 1.82) is 0 Å². The Labute approximate surface area is 110 Å². The van der Waals surface area contributed by atoms with Crippen molar-refractivity contribution in [2.75, 3.05) is 20.1 Å². The van der Waals surface area contributed by atoms with Gasteiger partial charge in [0.2, 0.25) is 0 Å². The average molecular weight is 262 g/mol. The minimum Gasteiger partial charge on any atom is -0.313 e. The predicted octanol–water partition coefficient (Wildman–Crippen LogP) is -0.399.